The number of ether oxygens (including phenoxy) is 1. The minimum absolute atomic E-state index is 0.0235. The Bertz CT molecular complexity index is 470. The Labute approximate surface area is 127 Å². The fourth-order valence-corrected chi connectivity index (χ4v) is 2.90. The number of methoxy groups -OCH3 is 1. The van der Waals surface area contributed by atoms with Crippen molar-refractivity contribution in [3.8, 4) is 5.75 Å². The lowest BCUT2D eigenvalue weighted by Gasteiger charge is -2.27. The van der Waals surface area contributed by atoms with Crippen molar-refractivity contribution in [2.24, 2.45) is 5.92 Å². The molecule has 1 saturated heterocycles. The van der Waals surface area contributed by atoms with Gasteiger partial charge in [0.1, 0.15) is 5.75 Å². The highest BCUT2D eigenvalue weighted by Gasteiger charge is 2.22. The highest BCUT2D eigenvalue weighted by atomic mass is 16.5. The van der Waals surface area contributed by atoms with E-state index in [1.54, 1.807) is 7.11 Å². The number of amides is 1. The number of carbonyl (C=O) groups excluding carboxylic acids is 1. The molecule has 4 nitrogen and oxygen atoms in total. The van der Waals surface area contributed by atoms with E-state index in [2.05, 4.69) is 5.32 Å². The van der Waals surface area contributed by atoms with Crippen LogP contribution in [0.15, 0.2) is 24.3 Å². The summed E-state index contributed by atoms with van der Waals surface area (Å²) in [5, 5.41) is 3.35. The van der Waals surface area contributed by atoms with Gasteiger partial charge in [-0.2, -0.15) is 0 Å². The van der Waals surface area contributed by atoms with Gasteiger partial charge < -0.3 is 15.0 Å². The first-order valence-electron chi connectivity index (χ1n) is 7.72. The van der Waals surface area contributed by atoms with Crippen LogP contribution in [-0.4, -0.2) is 38.1 Å². The molecule has 0 radical (unpaired) electrons. The van der Waals surface area contributed by atoms with Crippen LogP contribution in [0.4, 0.5) is 0 Å². The van der Waals surface area contributed by atoms with E-state index in [0.717, 1.165) is 30.8 Å². The minimum atomic E-state index is 0.0235. The third-order valence-electron chi connectivity index (χ3n) is 4.49. The Balaban J connectivity index is 1.94. The van der Waals surface area contributed by atoms with E-state index in [1.807, 2.05) is 43.1 Å². The van der Waals surface area contributed by atoms with Gasteiger partial charge in [0, 0.05) is 19.0 Å². The molecule has 1 heterocycles. The van der Waals surface area contributed by atoms with E-state index in [-0.39, 0.29) is 11.9 Å². The lowest BCUT2D eigenvalue weighted by Crippen LogP contribution is -2.30. The summed E-state index contributed by atoms with van der Waals surface area (Å²) in [5.74, 6) is 1.70. The van der Waals surface area contributed by atoms with Crippen LogP contribution in [0.1, 0.15) is 37.8 Å². The maximum Gasteiger partial charge on any atom is 0.222 e. The van der Waals surface area contributed by atoms with Crippen molar-refractivity contribution in [1.82, 2.24) is 10.2 Å². The highest BCUT2D eigenvalue weighted by molar-refractivity contribution is 5.76. The van der Waals surface area contributed by atoms with Gasteiger partial charge in [-0.05, 0) is 44.8 Å². The van der Waals surface area contributed by atoms with Crippen LogP contribution < -0.4 is 10.1 Å². The Morgan fingerprint density at radius 2 is 2.24 bits per heavy atom. The molecule has 116 valence electrons. The van der Waals surface area contributed by atoms with Crippen LogP contribution in [0, 0.1) is 5.92 Å². The SMILES string of the molecule is COc1ccccc1C(C)N(C)C(=O)CCC1CCNC1. The maximum absolute atomic E-state index is 12.4. The Hall–Kier alpha value is -1.55. The number of rotatable bonds is 6. The average molecular weight is 290 g/mol. The standard InChI is InChI=1S/C17H26N2O2/c1-13(15-6-4-5-7-16(15)21-3)19(2)17(20)9-8-14-10-11-18-12-14/h4-7,13-14,18H,8-12H2,1-3H3. The summed E-state index contributed by atoms with van der Waals surface area (Å²) < 4.78 is 5.39. The molecule has 1 amide bonds. The van der Waals surface area contributed by atoms with Gasteiger partial charge >= 0.3 is 0 Å². The first-order chi connectivity index (χ1) is 10.1. The van der Waals surface area contributed by atoms with Crippen molar-refractivity contribution in [3.05, 3.63) is 29.8 Å². The van der Waals surface area contributed by atoms with Gasteiger partial charge in [-0.25, -0.2) is 0 Å². The molecule has 1 aromatic carbocycles. The number of hydrogen-bond donors (Lipinski definition) is 1. The van der Waals surface area contributed by atoms with Gasteiger partial charge in [0.2, 0.25) is 5.91 Å². The molecule has 1 aromatic rings. The molecule has 4 heteroatoms. The number of hydrogen-bond acceptors (Lipinski definition) is 3. The van der Waals surface area contributed by atoms with E-state index < -0.39 is 0 Å². The van der Waals surface area contributed by atoms with Crippen LogP contribution >= 0.6 is 0 Å². The molecule has 0 spiro atoms. The summed E-state index contributed by atoms with van der Waals surface area (Å²) in [6.45, 7) is 4.19. The molecule has 0 aromatic heterocycles. The maximum atomic E-state index is 12.4. The molecular weight excluding hydrogens is 264 g/mol. The van der Waals surface area contributed by atoms with Crippen LogP contribution in [-0.2, 0) is 4.79 Å². The van der Waals surface area contributed by atoms with Crippen LogP contribution in [0.25, 0.3) is 0 Å². The number of benzene rings is 1. The monoisotopic (exact) mass is 290 g/mol. The van der Waals surface area contributed by atoms with E-state index in [4.69, 9.17) is 4.74 Å². The lowest BCUT2D eigenvalue weighted by molar-refractivity contribution is -0.132. The van der Waals surface area contributed by atoms with Crippen molar-refractivity contribution in [2.75, 3.05) is 27.2 Å². The van der Waals surface area contributed by atoms with E-state index in [1.165, 1.54) is 6.42 Å². The van der Waals surface area contributed by atoms with Crippen LogP contribution in [0.3, 0.4) is 0 Å². The summed E-state index contributed by atoms with van der Waals surface area (Å²) in [5.41, 5.74) is 1.05. The van der Waals surface area contributed by atoms with Gasteiger partial charge in [0.25, 0.3) is 0 Å². The molecule has 2 rings (SSSR count). The first kappa shape index (κ1) is 15.8. The lowest BCUT2D eigenvalue weighted by atomic mass is 10.0. The fourth-order valence-electron chi connectivity index (χ4n) is 2.90. The van der Waals surface area contributed by atoms with Crippen molar-refractivity contribution >= 4 is 5.91 Å². The second kappa shape index (κ2) is 7.46. The molecule has 0 aliphatic carbocycles. The number of nitrogens with zero attached hydrogens (tertiary/aromatic N) is 1. The smallest absolute Gasteiger partial charge is 0.222 e. The van der Waals surface area contributed by atoms with E-state index >= 15 is 0 Å². The summed E-state index contributed by atoms with van der Waals surface area (Å²) in [6.07, 6.45) is 2.80. The third-order valence-corrected chi connectivity index (χ3v) is 4.49. The minimum Gasteiger partial charge on any atom is -0.496 e. The molecular formula is C17H26N2O2. The van der Waals surface area contributed by atoms with Crippen LogP contribution in [0.5, 0.6) is 5.75 Å². The highest BCUT2D eigenvalue weighted by Crippen LogP contribution is 2.28. The van der Waals surface area contributed by atoms with E-state index in [9.17, 15) is 4.79 Å². The quantitative estimate of drug-likeness (QED) is 0.875. The predicted octanol–water partition coefficient (Wildman–Crippen LogP) is 2.60. The molecule has 2 atom stereocenters. The van der Waals surface area contributed by atoms with Crippen molar-refractivity contribution in [2.45, 2.75) is 32.2 Å². The predicted molar refractivity (Wildman–Crippen MR) is 84.4 cm³/mol. The summed E-state index contributed by atoms with van der Waals surface area (Å²) in [4.78, 5) is 14.2. The zero-order chi connectivity index (χ0) is 15.2. The van der Waals surface area contributed by atoms with Gasteiger partial charge in [0.15, 0.2) is 0 Å². The Morgan fingerprint density at radius 1 is 1.48 bits per heavy atom. The van der Waals surface area contributed by atoms with E-state index in [0.29, 0.717) is 12.3 Å². The molecule has 21 heavy (non-hydrogen) atoms. The van der Waals surface area contributed by atoms with Crippen molar-refractivity contribution < 1.29 is 9.53 Å². The molecule has 1 N–H and O–H groups in total. The molecule has 2 unspecified atom stereocenters. The Kier molecular flexibility index (Phi) is 5.62. The van der Waals surface area contributed by atoms with Gasteiger partial charge in [-0.3, -0.25) is 4.79 Å². The fraction of sp³-hybridized carbons (Fsp3) is 0.588. The van der Waals surface area contributed by atoms with Gasteiger partial charge in [0.05, 0.1) is 13.2 Å². The number of nitrogens with one attached hydrogen (secondary N) is 1. The summed E-state index contributed by atoms with van der Waals surface area (Å²) in [6, 6.07) is 7.92. The second-order valence-corrected chi connectivity index (χ2v) is 5.82. The zero-order valence-corrected chi connectivity index (χ0v) is 13.3. The topological polar surface area (TPSA) is 41.6 Å². The zero-order valence-electron chi connectivity index (χ0n) is 13.3. The van der Waals surface area contributed by atoms with Gasteiger partial charge in [-0.15, -0.1) is 0 Å². The molecule has 0 saturated carbocycles. The van der Waals surface area contributed by atoms with Crippen LogP contribution in [0.2, 0.25) is 0 Å². The van der Waals surface area contributed by atoms with Crippen molar-refractivity contribution in [3.63, 3.8) is 0 Å². The largest absolute Gasteiger partial charge is 0.496 e. The number of para-hydroxylation sites is 1. The first-order valence-corrected chi connectivity index (χ1v) is 7.72. The Morgan fingerprint density at radius 3 is 2.90 bits per heavy atom. The number of carbonyl (C=O) groups is 1. The molecule has 1 aliphatic rings. The van der Waals surface area contributed by atoms with Crippen molar-refractivity contribution in [1.29, 1.82) is 0 Å². The molecule has 0 bridgehead atoms. The average Bonchev–Trinajstić information content (AvgIpc) is 3.04. The summed E-state index contributed by atoms with van der Waals surface area (Å²) >= 11 is 0. The summed E-state index contributed by atoms with van der Waals surface area (Å²) in [7, 11) is 3.55. The third kappa shape index (κ3) is 3.97. The molecule has 1 fully saturated rings. The normalized spacial score (nSPS) is 19.3. The molecule has 1 aliphatic heterocycles. The van der Waals surface area contributed by atoms with Gasteiger partial charge in [-0.1, -0.05) is 18.2 Å². The second-order valence-electron chi connectivity index (χ2n) is 5.82.